The van der Waals surface area contributed by atoms with E-state index in [1.165, 1.54) is 13.1 Å². The Labute approximate surface area is 74.2 Å². The van der Waals surface area contributed by atoms with Gasteiger partial charge in [0.05, 0.1) is 0 Å². The normalized spacial score (nSPS) is 10.0. The number of carboxylic acid groups (broad SMARTS) is 2. The van der Waals surface area contributed by atoms with Gasteiger partial charge in [-0.15, -0.1) is 0 Å². The minimum Gasteiger partial charge on any atom is -0.477 e. The molecule has 0 aliphatic heterocycles. The first-order chi connectivity index (χ1) is 5.95. The van der Waals surface area contributed by atoms with Crippen molar-refractivity contribution in [3.63, 3.8) is 0 Å². The molecule has 0 unspecified atom stereocenters. The Bertz CT molecular complexity index is 378. The molecule has 0 atom stereocenters. The number of carboxylic acids is 2. The van der Waals surface area contributed by atoms with Gasteiger partial charge in [-0.25, -0.2) is 9.59 Å². The molecule has 0 radical (unpaired) electrons. The molecule has 2 N–H and O–H groups in total. The van der Waals surface area contributed by atoms with E-state index in [2.05, 4.69) is 0 Å². The van der Waals surface area contributed by atoms with E-state index in [1.807, 2.05) is 0 Å². The molecule has 1 aromatic heterocycles. The quantitative estimate of drug-likeness (QED) is 0.708. The highest BCUT2D eigenvalue weighted by Gasteiger charge is 2.18. The molecule has 0 saturated carbocycles. The third-order valence-corrected chi connectivity index (χ3v) is 1.85. The smallest absolute Gasteiger partial charge is 0.352 e. The summed E-state index contributed by atoms with van der Waals surface area (Å²) in [6, 6.07) is 1.34. The van der Waals surface area contributed by atoms with Gasteiger partial charge >= 0.3 is 11.9 Å². The number of hydrogen-bond acceptors (Lipinski definition) is 2. The second-order valence-electron chi connectivity index (χ2n) is 2.73. The van der Waals surface area contributed by atoms with E-state index in [1.54, 1.807) is 6.92 Å². The zero-order valence-corrected chi connectivity index (χ0v) is 7.24. The van der Waals surface area contributed by atoms with Gasteiger partial charge in [-0.3, -0.25) is 0 Å². The van der Waals surface area contributed by atoms with Crippen molar-refractivity contribution >= 4 is 11.9 Å². The van der Waals surface area contributed by atoms with Gasteiger partial charge in [0.25, 0.3) is 0 Å². The Kier molecular flexibility index (Phi) is 2.10. The minimum absolute atomic E-state index is 0.0115. The summed E-state index contributed by atoms with van der Waals surface area (Å²) in [6.07, 6.45) is 0. The molecule has 0 spiro atoms. The predicted octanol–water partition coefficient (Wildman–Crippen LogP) is 0.730. The van der Waals surface area contributed by atoms with Crippen LogP contribution in [0, 0.1) is 6.92 Å². The van der Waals surface area contributed by atoms with Crippen molar-refractivity contribution in [1.82, 2.24) is 4.57 Å². The number of carbonyl (C=O) groups is 2. The largest absolute Gasteiger partial charge is 0.477 e. The standard InChI is InChI=1S/C8H9NO4/c1-4-3-5(7(10)11)9(2)6(4)8(12)13/h3H,1-2H3,(H,10,11)(H,12,13). The number of aryl methyl sites for hydroxylation is 1. The number of aromatic nitrogens is 1. The highest BCUT2D eigenvalue weighted by atomic mass is 16.4. The summed E-state index contributed by atoms with van der Waals surface area (Å²) in [7, 11) is 1.42. The fraction of sp³-hybridized carbons (Fsp3) is 0.250. The maximum absolute atomic E-state index is 10.7. The Morgan fingerprint density at radius 2 is 1.85 bits per heavy atom. The number of aromatic carboxylic acids is 2. The molecule has 5 nitrogen and oxygen atoms in total. The van der Waals surface area contributed by atoms with Crippen LogP contribution in [0.15, 0.2) is 6.07 Å². The summed E-state index contributed by atoms with van der Waals surface area (Å²) >= 11 is 0. The second kappa shape index (κ2) is 2.93. The summed E-state index contributed by atoms with van der Waals surface area (Å²) in [5.74, 6) is -2.24. The van der Waals surface area contributed by atoms with E-state index in [4.69, 9.17) is 10.2 Å². The third kappa shape index (κ3) is 1.40. The van der Waals surface area contributed by atoms with Crippen LogP contribution in [0.1, 0.15) is 26.5 Å². The zero-order chi connectivity index (χ0) is 10.2. The molecule has 1 heterocycles. The van der Waals surface area contributed by atoms with Gasteiger partial charge in [-0.1, -0.05) is 0 Å². The predicted molar refractivity (Wildman–Crippen MR) is 44.1 cm³/mol. The van der Waals surface area contributed by atoms with Crippen LogP contribution < -0.4 is 0 Å². The van der Waals surface area contributed by atoms with Crippen LogP contribution in [0.4, 0.5) is 0 Å². The Hall–Kier alpha value is -1.78. The van der Waals surface area contributed by atoms with Gasteiger partial charge < -0.3 is 14.8 Å². The molecule has 0 fully saturated rings. The molecule has 70 valence electrons. The summed E-state index contributed by atoms with van der Waals surface area (Å²) in [4.78, 5) is 21.3. The van der Waals surface area contributed by atoms with E-state index in [0.717, 1.165) is 4.57 Å². The summed E-state index contributed by atoms with van der Waals surface area (Å²) in [5.41, 5.74) is 0.444. The van der Waals surface area contributed by atoms with Crippen molar-refractivity contribution in [2.75, 3.05) is 0 Å². The van der Waals surface area contributed by atoms with Crippen molar-refractivity contribution in [3.8, 4) is 0 Å². The van der Waals surface area contributed by atoms with Gasteiger partial charge in [-0.2, -0.15) is 0 Å². The van der Waals surface area contributed by atoms with Gasteiger partial charge in [0.1, 0.15) is 11.4 Å². The van der Waals surface area contributed by atoms with Crippen molar-refractivity contribution < 1.29 is 19.8 Å². The topological polar surface area (TPSA) is 79.5 Å². The molecule has 0 bridgehead atoms. The molecule has 5 heteroatoms. The first kappa shape index (κ1) is 9.31. The molecular weight excluding hydrogens is 174 g/mol. The van der Waals surface area contributed by atoms with Crippen molar-refractivity contribution in [1.29, 1.82) is 0 Å². The minimum atomic E-state index is -1.13. The first-order valence-corrected chi connectivity index (χ1v) is 3.58. The molecule has 0 aliphatic carbocycles. The average Bonchev–Trinajstić information content (AvgIpc) is 2.26. The van der Waals surface area contributed by atoms with Crippen LogP contribution in [0.2, 0.25) is 0 Å². The molecule has 0 aromatic carbocycles. The third-order valence-electron chi connectivity index (χ3n) is 1.85. The van der Waals surface area contributed by atoms with E-state index in [9.17, 15) is 9.59 Å². The van der Waals surface area contributed by atoms with E-state index in [-0.39, 0.29) is 11.4 Å². The fourth-order valence-electron chi connectivity index (χ4n) is 1.27. The Balaban J connectivity index is 3.39. The average molecular weight is 183 g/mol. The Morgan fingerprint density at radius 1 is 1.31 bits per heavy atom. The molecule has 0 amide bonds. The van der Waals surface area contributed by atoms with Gasteiger partial charge in [0.2, 0.25) is 0 Å². The highest BCUT2D eigenvalue weighted by molar-refractivity contribution is 5.93. The highest BCUT2D eigenvalue weighted by Crippen LogP contribution is 2.13. The van der Waals surface area contributed by atoms with E-state index in [0.29, 0.717) is 5.56 Å². The lowest BCUT2D eigenvalue weighted by molar-refractivity contribution is 0.0679. The number of nitrogens with zero attached hydrogens (tertiary/aromatic N) is 1. The lowest BCUT2D eigenvalue weighted by atomic mass is 10.2. The van der Waals surface area contributed by atoms with Crippen LogP contribution in [0.25, 0.3) is 0 Å². The monoisotopic (exact) mass is 183 g/mol. The second-order valence-corrected chi connectivity index (χ2v) is 2.73. The summed E-state index contributed by atoms with van der Waals surface area (Å²) in [6.45, 7) is 1.57. The Morgan fingerprint density at radius 3 is 2.08 bits per heavy atom. The lowest BCUT2D eigenvalue weighted by Gasteiger charge is -2.00. The molecule has 13 heavy (non-hydrogen) atoms. The lowest BCUT2D eigenvalue weighted by Crippen LogP contribution is -2.10. The number of hydrogen-bond donors (Lipinski definition) is 2. The van der Waals surface area contributed by atoms with Crippen LogP contribution >= 0.6 is 0 Å². The SMILES string of the molecule is Cc1cc(C(=O)O)n(C)c1C(=O)O. The first-order valence-electron chi connectivity index (χ1n) is 3.58. The van der Waals surface area contributed by atoms with Gasteiger partial charge in [0, 0.05) is 7.05 Å². The molecule has 0 saturated heterocycles. The fourth-order valence-corrected chi connectivity index (χ4v) is 1.27. The van der Waals surface area contributed by atoms with E-state index >= 15 is 0 Å². The summed E-state index contributed by atoms with van der Waals surface area (Å²) < 4.78 is 1.15. The molecular formula is C8H9NO4. The van der Waals surface area contributed by atoms with Crippen LogP contribution in [0.5, 0.6) is 0 Å². The summed E-state index contributed by atoms with van der Waals surface area (Å²) in [5, 5.41) is 17.4. The van der Waals surface area contributed by atoms with Crippen LogP contribution in [0.3, 0.4) is 0 Å². The molecule has 1 aromatic rings. The zero-order valence-electron chi connectivity index (χ0n) is 7.24. The molecule has 1 rings (SSSR count). The van der Waals surface area contributed by atoms with Crippen molar-refractivity contribution in [3.05, 3.63) is 23.0 Å². The maximum Gasteiger partial charge on any atom is 0.352 e. The number of rotatable bonds is 2. The molecule has 0 aliphatic rings. The van der Waals surface area contributed by atoms with Crippen LogP contribution in [-0.4, -0.2) is 26.7 Å². The van der Waals surface area contributed by atoms with Gasteiger partial charge in [-0.05, 0) is 18.6 Å². The van der Waals surface area contributed by atoms with Crippen LogP contribution in [-0.2, 0) is 7.05 Å². The van der Waals surface area contributed by atoms with Crippen molar-refractivity contribution in [2.24, 2.45) is 7.05 Å². The van der Waals surface area contributed by atoms with Gasteiger partial charge in [0.15, 0.2) is 0 Å². The van der Waals surface area contributed by atoms with E-state index < -0.39 is 11.9 Å². The maximum atomic E-state index is 10.7. The van der Waals surface area contributed by atoms with Crippen molar-refractivity contribution in [2.45, 2.75) is 6.92 Å².